The van der Waals surface area contributed by atoms with Crippen LogP contribution in [0.15, 0.2) is 23.0 Å². The SMILES string of the molecule is NNc1ccc(C(=O)NCCc2cscn2)nn1. The van der Waals surface area contributed by atoms with Crippen LogP contribution in [0.2, 0.25) is 0 Å². The predicted molar refractivity (Wildman–Crippen MR) is 68.0 cm³/mol. The lowest BCUT2D eigenvalue weighted by atomic mass is 10.3. The fourth-order valence-electron chi connectivity index (χ4n) is 1.29. The molecule has 8 heteroatoms. The number of hydrazine groups is 1. The fraction of sp³-hybridized carbons (Fsp3) is 0.200. The van der Waals surface area contributed by atoms with Gasteiger partial charge in [-0.1, -0.05) is 0 Å². The molecule has 0 fully saturated rings. The molecule has 0 unspecified atom stereocenters. The highest BCUT2D eigenvalue weighted by Crippen LogP contribution is 2.02. The smallest absolute Gasteiger partial charge is 0.271 e. The van der Waals surface area contributed by atoms with Crippen LogP contribution < -0.4 is 16.6 Å². The van der Waals surface area contributed by atoms with Crippen molar-refractivity contribution in [3.05, 3.63) is 34.4 Å². The summed E-state index contributed by atoms with van der Waals surface area (Å²) < 4.78 is 0. The number of nitrogens with one attached hydrogen (secondary N) is 2. The molecule has 0 saturated carbocycles. The van der Waals surface area contributed by atoms with E-state index in [2.05, 4.69) is 25.9 Å². The van der Waals surface area contributed by atoms with Crippen LogP contribution >= 0.6 is 11.3 Å². The molecule has 0 aliphatic heterocycles. The minimum Gasteiger partial charge on any atom is -0.350 e. The van der Waals surface area contributed by atoms with E-state index in [0.717, 1.165) is 5.69 Å². The van der Waals surface area contributed by atoms with Gasteiger partial charge in [0.1, 0.15) is 0 Å². The minimum atomic E-state index is -0.263. The van der Waals surface area contributed by atoms with Gasteiger partial charge in [0.05, 0.1) is 11.2 Å². The number of nitrogen functional groups attached to an aromatic ring is 1. The average Bonchev–Trinajstić information content (AvgIpc) is 2.92. The highest BCUT2D eigenvalue weighted by molar-refractivity contribution is 7.07. The Morgan fingerprint density at radius 3 is 2.89 bits per heavy atom. The standard InChI is InChI=1S/C10H12N6OS/c11-14-9-2-1-8(15-16-9)10(17)12-4-3-7-5-18-6-13-7/h1-2,5-6H,3-4,11H2,(H,12,17)(H,14,16). The Kier molecular flexibility index (Phi) is 4.15. The number of nitrogens with two attached hydrogens (primary N) is 1. The zero-order valence-corrected chi connectivity index (χ0v) is 10.3. The van der Waals surface area contributed by atoms with Crippen LogP contribution in [0.4, 0.5) is 5.82 Å². The van der Waals surface area contributed by atoms with Crippen LogP contribution in [0.25, 0.3) is 0 Å². The maximum atomic E-state index is 11.7. The van der Waals surface area contributed by atoms with Gasteiger partial charge in [0.2, 0.25) is 0 Å². The van der Waals surface area contributed by atoms with E-state index in [4.69, 9.17) is 5.84 Å². The van der Waals surface area contributed by atoms with E-state index in [9.17, 15) is 4.79 Å². The highest BCUT2D eigenvalue weighted by Gasteiger charge is 2.07. The quantitative estimate of drug-likeness (QED) is 0.526. The Bertz CT molecular complexity index is 498. The zero-order chi connectivity index (χ0) is 12.8. The Balaban J connectivity index is 1.83. The number of amides is 1. The monoisotopic (exact) mass is 264 g/mol. The minimum absolute atomic E-state index is 0.257. The van der Waals surface area contributed by atoms with E-state index in [0.29, 0.717) is 18.8 Å². The summed E-state index contributed by atoms with van der Waals surface area (Å²) in [5, 5.41) is 12.2. The van der Waals surface area contributed by atoms with E-state index < -0.39 is 0 Å². The molecule has 94 valence electrons. The molecule has 2 aromatic heterocycles. The molecule has 7 nitrogen and oxygen atoms in total. The fourth-order valence-corrected chi connectivity index (χ4v) is 1.88. The molecule has 2 rings (SSSR count). The van der Waals surface area contributed by atoms with Gasteiger partial charge in [-0.2, -0.15) is 0 Å². The van der Waals surface area contributed by atoms with Crippen molar-refractivity contribution in [2.75, 3.05) is 12.0 Å². The summed E-state index contributed by atoms with van der Waals surface area (Å²) in [6, 6.07) is 3.14. The largest absolute Gasteiger partial charge is 0.350 e. The number of aromatic nitrogens is 3. The molecule has 0 atom stereocenters. The van der Waals surface area contributed by atoms with Gasteiger partial charge in [-0.3, -0.25) is 4.79 Å². The van der Waals surface area contributed by atoms with E-state index in [1.54, 1.807) is 17.6 Å². The number of carbonyl (C=O) groups excluding carboxylic acids is 1. The second-order valence-electron chi connectivity index (χ2n) is 3.43. The first-order valence-corrected chi connectivity index (χ1v) is 6.19. The number of nitrogens with zero attached hydrogens (tertiary/aromatic N) is 3. The van der Waals surface area contributed by atoms with Crippen LogP contribution in [0, 0.1) is 0 Å². The molecule has 0 radical (unpaired) electrons. The maximum Gasteiger partial charge on any atom is 0.271 e. The Hall–Kier alpha value is -2.06. The molecule has 0 saturated heterocycles. The average molecular weight is 264 g/mol. The predicted octanol–water partition coefficient (Wildman–Crippen LogP) is 0.191. The molecule has 0 aliphatic rings. The van der Waals surface area contributed by atoms with Gasteiger partial charge in [-0.15, -0.1) is 21.5 Å². The van der Waals surface area contributed by atoms with Crippen molar-refractivity contribution < 1.29 is 4.79 Å². The van der Waals surface area contributed by atoms with Crippen molar-refractivity contribution in [1.82, 2.24) is 20.5 Å². The number of anilines is 1. The van der Waals surface area contributed by atoms with Crippen molar-refractivity contribution in [3.8, 4) is 0 Å². The zero-order valence-electron chi connectivity index (χ0n) is 9.46. The van der Waals surface area contributed by atoms with Crippen LogP contribution in [0.5, 0.6) is 0 Å². The lowest BCUT2D eigenvalue weighted by Gasteiger charge is -2.03. The van der Waals surface area contributed by atoms with E-state index in [1.807, 2.05) is 5.38 Å². The number of thiazole rings is 1. The molecule has 0 aromatic carbocycles. The lowest BCUT2D eigenvalue weighted by molar-refractivity contribution is 0.0948. The summed E-state index contributed by atoms with van der Waals surface area (Å²) in [7, 11) is 0. The molecule has 2 aromatic rings. The van der Waals surface area contributed by atoms with Crippen molar-refractivity contribution >= 4 is 23.1 Å². The molecule has 18 heavy (non-hydrogen) atoms. The molecular weight excluding hydrogens is 252 g/mol. The van der Waals surface area contributed by atoms with E-state index in [-0.39, 0.29) is 11.6 Å². The second-order valence-corrected chi connectivity index (χ2v) is 4.15. The molecule has 0 bridgehead atoms. The third-order valence-corrected chi connectivity index (χ3v) is 2.83. The van der Waals surface area contributed by atoms with Crippen LogP contribution in [-0.2, 0) is 6.42 Å². The first-order chi connectivity index (χ1) is 8.79. The van der Waals surface area contributed by atoms with E-state index >= 15 is 0 Å². The van der Waals surface area contributed by atoms with Crippen molar-refractivity contribution in [2.24, 2.45) is 5.84 Å². The summed E-state index contributed by atoms with van der Waals surface area (Å²) >= 11 is 1.53. The van der Waals surface area contributed by atoms with Gasteiger partial charge in [-0.25, -0.2) is 10.8 Å². The summed E-state index contributed by atoms with van der Waals surface area (Å²) in [5.41, 5.74) is 5.33. The second kappa shape index (κ2) is 6.03. The van der Waals surface area contributed by atoms with Gasteiger partial charge in [0.15, 0.2) is 11.5 Å². The number of carbonyl (C=O) groups is 1. The Labute approximate surface area is 107 Å². The molecular formula is C10H12N6OS. The molecule has 0 aliphatic carbocycles. The van der Waals surface area contributed by atoms with Crippen LogP contribution in [0.3, 0.4) is 0 Å². The van der Waals surface area contributed by atoms with Crippen molar-refractivity contribution in [3.63, 3.8) is 0 Å². The maximum absolute atomic E-state index is 11.7. The van der Waals surface area contributed by atoms with Gasteiger partial charge < -0.3 is 10.7 Å². The first kappa shape index (κ1) is 12.4. The topological polar surface area (TPSA) is 106 Å². The Morgan fingerprint density at radius 2 is 2.28 bits per heavy atom. The van der Waals surface area contributed by atoms with Gasteiger partial charge in [-0.05, 0) is 12.1 Å². The summed E-state index contributed by atoms with van der Waals surface area (Å²) in [5.74, 6) is 5.30. The summed E-state index contributed by atoms with van der Waals surface area (Å²) in [6.07, 6.45) is 0.700. The summed E-state index contributed by atoms with van der Waals surface area (Å²) in [6.45, 7) is 0.515. The molecule has 4 N–H and O–H groups in total. The van der Waals surface area contributed by atoms with E-state index in [1.165, 1.54) is 11.3 Å². The third kappa shape index (κ3) is 3.22. The van der Waals surface area contributed by atoms with Crippen molar-refractivity contribution in [2.45, 2.75) is 6.42 Å². The first-order valence-electron chi connectivity index (χ1n) is 5.25. The van der Waals surface area contributed by atoms with Gasteiger partial charge in [0, 0.05) is 18.3 Å². The number of hydrogen-bond acceptors (Lipinski definition) is 7. The molecule has 0 spiro atoms. The van der Waals surface area contributed by atoms with Crippen LogP contribution in [0.1, 0.15) is 16.2 Å². The number of rotatable bonds is 5. The van der Waals surface area contributed by atoms with Gasteiger partial charge in [0.25, 0.3) is 5.91 Å². The normalized spacial score (nSPS) is 10.1. The Morgan fingerprint density at radius 1 is 1.39 bits per heavy atom. The highest BCUT2D eigenvalue weighted by atomic mass is 32.1. The van der Waals surface area contributed by atoms with Crippen molar-refractivity contribution in [1.29, 1.82) is 0 Å². The molecule has 2 heterocycles. The third-order valence-electron chi connectivity index (χ3n) is 2.20. The number of hydrogen-bond donors (Lipinski definition) is 3. The molecule has 1 amide bonds. The van der Waals surface area contributed by atoms with Gasteiger partial charge >= 0.3 is 0 Å². The van der Waals surface area contributed by atoms with Crippen LogP contribution in [-0.4, -0.2) is 27.6 Å². The summed E-state index contributed by atoms with van der Waals surface area (Å²) in [4.78, 5) is 15.8. The lowest BCUT2D eigenvalue weighted by Crippen LogP contribution is -2.27.